The fraction of sp³-hybridized carbons (Fsp3) is 0. The molecule has 0 saturated heterocycles. The third kappa shape index (κ3) is 9.75. The Hall–Kier alpha value is -11.8. The zero-order chi connectivity index (χ0) is 66.3. The summed E-state index contributed by atoms with van der Waals surface area (Å²) in [6.07, 6.45) is 0. The topological polar surface area (TPSA) is 51.8 Å². The summed E-state index contributed by atoms with van der Waals surface area (Å²) in [5.41, 5.74) is 23.6. The van der Waals surface area contributed by atoms with E-state index in [1.165, 1.54) is 74.5 Å². The molecule has 462 valence electrons. The van der Waals surface area contributed by atoms with Gasteiger partial charge in [0, 0.05) is 70.0 Å². The van der Waals surface area contributed by atoms with E-state index < -0.39 is 10.0 Å². The van der Waals surface area contributed by atoms with Crippen LogP contribution < -0.4 is 37.6 Å². The molecule has 0 fully saturated rings. The van der Waals surface area contributed by atoms with Gasteiger partial charge >= 0.3 is 6.85 Å². The highest BCUT2D eigenvalue weighted by atomic mass is 32.3. The standard InChI is InChI=1S/C87H63B5N6S/c88-80-79(81(89)84(83(91)82(80)90)99(64-36-11-4-12-37-64,65-38-24-30-58(53-65)56-26-5-1-6-27-56)66-39-25-31-59(54-66)57-28-7-2-8-29-57)86-93-85(60-32-23-35-63(52-60)98-78-49-22-17-41-68(78)67-40-13-18-45-73(67)92(98)61-33-9-3-10-34-61)94-87(95-86)97-76-48-21-16-44-71(76)72-55-62(50-51-77(72)97)96-74-46-19-14-42-69(74)70-43-15-20-47-75(70)96/h1-55H,88-91H2. The van der Waals surface area contributed by atoms with Gasteiger partial charge in [-0.2, -0.15) is 9.97 Å². The molecule has 0 aliphatic carbocycles. The van der Waals surface area contributed by atoms with E-state index >= 15 is 0 Å². The van der Waals surface area contributed by atoms with Gasteiger partial charge in [0.15, 0.2) is 11.6 Å². The minimum atomic E-state index is -2.40. The molecule has 12 heteroatoms. The normalized spacial score (nSPS) is 12.3. The molecule has 0 radical (unpaired) electrons. The molecule has 0 unspecified atom stereocenters. The third-order valence-electron chi connectivity index (χ3n) is 20.6. The Morgan fingerprint density at radius 1 is 0.303 bits per heavy atom. The van der Waals surface area contributed by atoms with Crippen LogP contribution in [-0.2, 0) is 0 Å². The zero-order valence-electron chi connectivity index (χ0n) is 55.4. The quantitative estimate of drug-likeness (QED) is 0.114. The maximum atomic E-state index is 5.92. The first-order valence-electron chi connectivity index (χ1n) is 34.0. The van der Waals surface area contributed by atoms with Crippen LogP contribution in [0.4, 0.5) is 11.4 Å². The smallest absolute Gasteiger partial charge is 0.328 e. The van der Waals surface area contributed by atoms with Crippen molar-refractivity contribution in [1.29, 1.82) is 0 Å². The van der Waals surface area contributed by atoms with Crippen molar-refractivity contribution in [1.82, 2.24) is 24.1 Å². The largest absolute Gasteiger partial charge is 0.376 e. The molecule has 1 aliphatic heterocycles. The Morgan fingerprint density at radius 2 is 0.788 bits per heavy atom. The second-order valence-electron chi connectivity index (χ2n) is 26.0. The number of rotatable bonds is 12. The van der Waals surface area contributed by atoms with Gasteiger partial charge in [0.05, 0.1) is 22.1 Å². The lowest BCUT2D eigenvalue weighted by molar-refractivity contribution is 0.954. The maximum Gasteiger partial charge on any atom is 0.328 e. The molecule has 4 heterocycles. The van der Waals surface area contributed by atoms with Crippen LogP contribution >= 0.6 is 10.0 Å². The van der Waals surface area contributed by atoms with Gasteiger partial charge in [0.25, 0.3) is 0 Å². The Balaban J connectivity index is 0.915. The number of aromatic nitrogens is 5. The van der Waals surface area contributed by atoms with Crippen molar-refractivity contribution >= 4 is 136 Å². The molecule has 0 atom stereocenters. The Morgan fingerprint density at radius 3 is 1.43 bits per heavy atom. The van der Waals surface area contributed by atoms with Crippen LogP contribution in [0.25, 0.3) is 111 Å². The minimum Gasteiger partial charge on any atom is -0.376 e. The molecule has 3 aromatic heterocycles. The van der Waals surface area contributed by atoms with Crippen molar-refractivity contribution in [2.75, 3.05) is 4.81 Å². The van der Waals surface area contributed by atoms with Crippen LogP contribution in [0.3, 0.4) is 0 Å². The Labute approximate surface area is 582 Å². The number of para-hydroxylation sites is 4. The molecule has 1 aliphatic rings. The van der Waals surface area contributed by atoms with Crippen LogP contribution in [0.5, 0.6) is 0 Å². The van der Waals surface area contributed by atoms with Gasteiger partial charge in [0.2, 0.25) is 5.95 Å². The van der Waals surface area contributed by atoms with Crippen molar-refractivity contribution in [3.05, 3.63) is 334 Å². The van der Waals surface area contributed by atoms with Gasteiger partial charge in [0.1, 0.15) is 31.4 Å². The number of hydrogen-bond donors (Lipinski definition) is 0. The average molecular weight is 1280 g/mol. The van der Waals surface area contributed by atoms with Gasteiger partial charge < -0.3 is 9.38 Å². The van der Waals surface area contributed by atoms with Crippen LogP contribution in [0, 0.1) is 0 Å². The molecule has 6 nitrogen and oxygen atoms in total. The van der Waals surface area contributed by atoms with Crippen LogP contribution in [0.1, 0.15) is 0 Å². The highest BCUT2D eigenvalue weighted by Gasteiger charge is 2.40. The van der Waals surface area contributed by atoms with E-state index in [4.69, 9.17) is 15.0 Å². The van der Waals surface area contributed by atoms with E-state index in [1.54, 1.807) is 0 Å². The molecule has 99 heavy (non-hydrogen) atoms. The number of nitrogens with zero attached hydrogens (tertiary/aromatic N) is 6. The van der Waals surface area contributed by atoms with Crippen LogP contribution in [0.2, 0.25) is 0 Å². The predicted molar refractivity (Wildman–Crippen MR) is 428 cm³/mol. The van der Waals surface area contributed by atoms with Crippen molar-refractivity contribution in [2.45, 2.75) is 19.6 Å². The number of anilines is 2. The number of benzene rings is 14. The number of hydrogen-bond acceptors (Lipinski definition) is 4. The molecule has 14 aromatic carbocycles. The van der Waals surface area contributed by atoms with Gasteiger partial charge in [-0.1, -0.05) is 270 Å². The lowest BCUT2D eigenvalue weighted by Gasteiger charge is -2.45. The fourth-order valence-corrected chi connectivity index (χ4v) is 20.4. The van der Waals surface area contributed by atoms with Gasteiger partial charge in [-0.15, -0.1) is 10.0 Å². The summed E-state index contributed by atoms with van der Waals surface area (Å²) in [5.74, 6) is 1.70. The van der Waals surface area contributed by atoms with Gasteiger partial charge in [-0.05, 0) is 129 Å². The summed E-state index contributed by atoms with van der Waals surface area (Å²) in [5, 5.41) is 4.64. The molecule has 0 bridgehead atoms. The summed E-state index contributed by atoms with van der Waals surface area (Å²) in [6.45, 7) is -0.129. The second-order valence-corrected chi connectivity index (χ2v) is 29.0. The zero-order valence-corrected chi connectivity index (χ0v) is 56.2. The monoisotopic (exact) mass is 1280 g/mol. The molecular weight excluding hydrogens is 1220 g/mol. The predicted octanol–water partition coefficient (Wildman–Crippen LogP) is 14.0. The Bertz CT molecular complexity index is 5890. The lowest BCUT2D eigenvalue weighted by atomic mass is 9.46. The first-order chi connectivity index (χ1) is 48.8. The van der Waals surface area contributed by atoms with E-state index in [0.717, 1.165) is 83.1 Å². The number of fused-ring (bicyclic) bond motifs is 9. The fourth-order valence-electron chi connectivity index (χ4n) is 15.9. The average Bonchev–Trinajstić information content (AvgIpc) is 1.30. The van der Waals surface area contributed by atoms with E-state index in [9.17, 15) is 0 Å². The van der Waals surface area contributed by atoms with Crippen LogP contribution in [0.15, 0.2) is 353 Å². The lowest BCUT2D eigenvalue weighted by Crippen LogP contribution is -2.57. The van der Waals surface area contributed by atoms with E-state index in [0.29, 0.717) is 17.6 Å². The van der Waals surface area contributed by atoms with Crippen LogP contribution in [-0.4, -0.2) is 62.3 Å². The van der Waals surface area contributed by atoms with E-state index in [1.807, 2.05) is 0 Å². The summed E-state index contributed by atoms with van der Waals surface area (Å²) < 4.78 is 4.68. The van der Waals surface area contributed by atoms with Crippen molar-refractivity contribution in [3.63, 3.8) is 0 Å². The second kappa shape index (κ2) is 24.4. The summed E-state index contributed by atoms with van der Waals surface area (Å²) in [7, 11) is 6.86. The molecule has 18 rings (SSSR count). The van der Waals surface area contributed by atoms with E-state index in [-0.39, 0.29) is 6.85 Å². The van der Waals surface area contributed by atoms with Gasteiger partial charge in [-0.3, -0.25) is 4.57 Å². The minimum absolute atomic E-state index is 0.129. The van der Waals surface area contributed by atoms with Crippen molar-refractivity contribution < 1.29 is 0 Å². The van der Waals surface area contributed by atoms with E-state index in [2.05, 4.69) is 379 Å². The third-order valence-corrected chi connectivity index (χ3v) is 24.7. The first-order valence-corrected chi connectivity index (χ1v) is 35.6. The van der Waals surface area contributed by atoms with Gasteiger partial charge in [-0.25, -0.2) is 4.98 Å². The first kappa shape index (κ1) is 59.6. The highest BCUT2D eigenvalue weighted by Crippen LogP contribution is 2.73. The van der Waals surface area contributed by atoms with Crippen molar-refractivity contribution in [2.24, 2.45) is 0 Å². The molecule has 17 aromatic rings. The summed E-state index contributed by atoms with van der Waals surface area (Å²) in [4.78, 5) is 25.1. The summed E-state index contributed by atoms with van der Waals surface area (Å²) in [6, 6.07) is 122. The highest BCUT2D eigenvalue weighted by molar-refractivity contribution is 8.34. The molecule has 0 N–H and O–H groups in total. The summed E-state index contributed by atoms with van der Waals surface area (Å²) >= 11 is 0. The maximum absolute atomic E-state index is 5.92. The van der Waals surface area contributed by atoms with Crippen molar-refractivity contribution in [3.8, 4) is 67.8 Å². The SMILES string of the molecule is Bc1c(B)c(-c2nc(-c3cccc(N4B(c5ccccc5)c5ccccc5-c5ccccc54)c3)nc(-n3c4ccccc4c4cc(-n5c6ccccc6c6ccccc65)ccc43)n2)c(B)c(S(c2ccccc2)(c2cccc(-c3ccccc3)c2)c2cccc(-c3ccccc3)c2)c1B. The molecule has 0 saturated carbocycles. The molecular formula is C87H63B5N6S. The Kier molecular flexibility index (Phi) is 14.7. The molecule has 0 spiro atoms. The molecule has 0 amide bonds.